The summed E-state index contributed by atoms with van der Waals surface area (Å²) in [5.41, 5.74) is 14.1. The molecule has 0 bridgehead atoms. The number of hydrogen-bond acceptors (Lipinski definition) is 4. The molecule has 3 aromatic heterocycles. The Morgan fingerprint density at radius 2 is 1.38 bits per heavy atom. The van der Waals surface area contributed by atoms with Gasteiger partial charge in [0.05, 0.1) is 22.4 Å². The second-order valence-corrected chi connectivity index (χ2v) is 17.6. The van der Waals surface area contributed by atoms with E-state index in [0.29, 0.717) is 11.3 Å². The Kier molecular flexibility index (Phi) is 9.84. The standard InChI is InChI=1S/C46H39N2O2.C13H12N.Ir/c1-27(2)34-25-30(29-15-8-7-9-16-29)26-35(28(3)4)41(34)48-39-21-12-11-20-38(39)47-45(48)33-18-14-17-31-32-23-24-37-44(43(32)50-42(31)33)49-40-22-13-10-19-36(40)46(37,5)6;1-10-3-6-12(7-4-10)13-8-5-11(2)9-14-13;/h7-17,19-28H,1-6H3;3-6,8-9H,1-2H3;/q2*-1;/i;1D3,2D3;. The minimum atomic E-state index is -2.18. The molecule has 6 heteroatoms. The van der Waals surface area contributed by atoms with Crippen LogP contribution in [-0.4, -0.2) is 14.5 Å². The summed E-state index contributed by atoms with van der Waals surface area (Å²) in [5, 5.41) is 2.04. The van der Waals surface area contributed by atoms with Crippen LogP contribution in [0.2, 0.25) is 0 Å². The smallest absolute Gasteiger partial charge is 0.173 e. The van der Waals surface area contributed by atoms with Gasteiger partial charge in [0, 0.05) is 62.1 Å². The minimum absolute atomic E-state index is 0. The molecule has 10 aromatic rings. The molecule has 0 aliphatic carbocycles. The van der Waals surface area contributed by atoms with Crippen molar-refractivity contribution in [3.63, 3.8) is 0 Å². The summed E-state index contributed by atoms with van der Waals surface area (Å²) in [4.78, 5) is 9.42. The molecule has 325 valence electrons. The molecule has 4 heterocycles. The maximum Gasteiger partial charge on any atom is 0.173 e. The average molecular weight is 1030 g/mol. The summed E-state index contributed by atoms with van der Waals surface area (Å²) in [5.74, 6) is 2.99. The van der Waals surface area contributed by atoms with Crippen LogP contribution in [0, 0.1) is 25.8 Å². The molecule has 0 amide bonds. The van der Waals surface area contributed by atoms with E-state index in [4.69, 9.17) is 22.4 Å². The van der Waals surface area contributed by atoms with Crippen molar-refractivity contribution in [3.05, 3.63) is 197 Å². The van der Waals surface area contributed by atoms with Crippen LogP contribution in [0.4, 0.5) is 0 Å². The SMILES string of the molecule is CC(C)c1cc(-c2ccccc2)cc(C(C)C)c1-n1c(-c2[c-]ccc3c2oc2c4c(ccc23)C(C)(C)c2ccccc2O4)nc2ccccc21.[2H]C([2H])([2H])c1c[c-]c(-c2ccc(C([2H])([2H])[2H])cn2)cc1.[Ir]. The van der Waals surface area contributed by atoms with Crippen molar-refractivity contribution in [1.29, 1.82) is 0 Å². The number of ether oxygens (including phenoxy) is 1. The number of nitrogens with zero attached hydrogens (tertiary/aromatic N) is 3. The number of aryl methyl sites for hydroxylation is 2. The summed E-state index contributed by atoms with van der Waals surface area (Å²) < 4.78 is 59.6. The number of aromatic nitrogens is 3. The van der Waals surface area contributed by atoms with Crippen LogP contribution in [0.25, 0.3) is 72.4 Å². The fraction of sp³-hybridized carbons (Fsp3) is 0.186. The Labute approximate surface area is 404 Å². The number of rotatable bonds is 6. The van der Waals surface area contributed by atoms with Crippen molar-refractivity contribution in [2.45, 2.75) is 72.5 Å². The van der Waals surface area contributed by atoms with E-state index in [1.165, 1.54) is 57.9 Å². The van der Waals surface area contributed by atoms with Crippen molar-refractivity contribution < 1.29 is 37.5 Å². The van der Waals surface area contributed by atoms with Crippen LogP contribution in [0.5, 0.6) is 11.5 Å². The molecule has 7 aromatic carbocycles. The van der Waals surface area contributed by atoms with Crippen molar-refractivity contribution >= 4 is 33.0 Å². The van der Waals surface area contributed by atoms with Gasteiger partial charge in [-0.05, 0) is 82.5 Å². The first-order valence-electron chi connectivity index (χ1n) is 24.8. The van der Waals surface area contributed by atoms with Crippen molar-refractivity contribution in [2.24, 2.45) is 0 Å². The molecule has 1 aliphatic heterocycles. The third-order valence-electron chi connectivity index (χ3n) is 12.4. The van der Waals surface area contributed by atoms with Gasteiger partial charge in [-0.2, -0.15) is 0 Å². The molecule has 0 saturated heterocycles. The van der Waals surface area contributed by atoms with Gasteiger partial charge in [0.2, 0.25) is 0 Å². The van der Waals surface area contributed by atoms with Crippen LogP contribution in [0.1, 0.15) is 95.0 Å². The number of para-hydroxylation sites is 3. The van der Waals surface area contributed by atoms with E-state index < -0.39 is 13.7 Å². The molecular formula is C59H51IrN3O2-2. The maximum absolute atomic E-state index is 7.28. The Balaban J connectivity index is 0.000000251. The molecule has 1 aliphatic rings. The van der Waals surface area contributed by atoms with Crippen LogP contribution in [0.3, 0.4) is 0 Å². The van der Waals surface area contributed by atoms with E-state index in [-0.39, 0.29) is 48.5 Å². The quantitative estimate of drug-likeness (QED) is 0.156. The number of hydrogen-bond donors (Lipinski definition) is 0. The van der Waals surface area contributed by atoms with E-state index in [2.05, 4.69) is 160 Å². The molecule has 5 nitrogen and oxygen atoms in total. The number of benzene rings is 7. The van der Waals surface area contributed by atoms with Crippen molar-refractivity contribution in [1.82, 2.24) is 14.5 Å². The van der Waals surface area contributed by atoms with Crippen LogP contribution in [-0.2, 0) is 25.5 Å². The molecule has 0 saturated carbocycles. The van der Waals surface area contributed by atoms with Gasteiger partial charge < -0.3 is 18.7 Å². The predicted molar refractivity (Wildman–Crippen MR) is 263 cm³/mol. The molecule has 0 N–H and O–H groups in total. The zero-order valence-corrected chi connectivity index (χ0v) is 39.5. The molecule has 0 fully saturated rings. The van der Waals surface area contributed by atoms with E-state index in [0.717, 1.165) is 61.4 Å². The monoisotopic (exact) mass is 1030 g/mol. The Bertz CT molecular complexity index is 3490. The maximum atomic E-state index is 7.28. The molecule has 11 rings (SSSR count). The Hall–Kier alpha value is -6.59. The van der Waals surface area contributed by atoms with Gasteiger partial charge in [-0.3, -0.25) is 4.98 Å². The molecule has 0 spiro atoms. The summed E-state index contributed by atoms with van der Waals surface area (Å²) in [6.45, 7) is 9.30. The second kappa shape index (κ2) is 17.4. The predicted octanol–water partition coefficient (Wildman–Crippen LogP) is 15.9. The zero-order valence-electron chi connectivity index (χ0n) is 43.1. The Morgan fingerprint density at radius 1 is 0.677 bits per heavy atom. The molecule has 65 heavy (non-hydrogen) atoms. The van der Waals surface area contributed by atoms with Crippen LogP contribution < -0.4 is 4.74 Å². The van der Waals surface area contributed by atoms with Crippen molar-refractivity contribution in [2.75, 3.05) is 0 Å². The first kappa shape index (κ1) is 36.7. The van der Waals surface area contributed by atoms with E-state index in [9.17, 15) is 0 Å². The van der Waals surface area contributed by atoms with Gasteiger partial charge in [-0.25, -0.2) is 0 Å². The second-order valence-electron chi connectivity index (χ2n) is 17.6. The van der Waals surface area contributed by atoms with E-state index in [1.54, 1.807) is 12.1 Å². The minimum Gasteiger partial charge on any atom is -0.497 e. The van der Waals surface area contributed by atoms with E-state index in [1.807, 2.05) is 18.2 Å². The molecular weight excluding hydrogens is 975 g/mol. The fourth-order valence-electron chi connectivity index (χ4n) is 9.04. The zero-order chi connectivity index (χ0) is 49.3. The van der Waals surface area contributed by atoms with Crippen molar-refractivity contribution in [3.8, 4) is 51.0 Å². The molecule has 0 unspecified atom stereocenters. The summed E-state index contributed by atoms with van der Waals surface area (Å²) in [6.07, 6.45) is 1.30. The largest absolute Gasteiger partial charge is 0.497 e. The number of imidazole rings is 1. The molecule has 0 atom stereocenters. The third-order valence-corrected chi connectivity index (χ3v) is 12.4. The number of furan rings is 1. The van der Waals surface area contributed by atoms with Gasteiger partial charge >= 0.3 is 0 Å². The third kappa shape index (κ3) is 7.79. The summed E-state index contributed by atoms with van der Waals surface area (Å²) >= 11 is 0. The summed E-state index contributed by atoms with van der Waals surface area (Å²) in [7, 11) is 0. The first-order valence-corrected chi connectivity index (χ1v) is 21.8. The Morgan fingerprint density at radius 3 is 2.09 bits per heavy atom. The van der Waals surface area contributed by atoms with Crippen LogP contribution >= 0.6 is 0 Å². The average Bonchev–Trinajstić information content (AvgIpc) is 3.93. The van der Waals surface area contributed by atoms with Gasteiger partial charge in [0.15, 0.2) is 11.3 Å². The van der Waals surface area contributed by atoms with Gasteiger partial charge in [-0.1, -0.05) is 144 Å². The van der Waals surface area contributed by atoms with E-state index >= 15 is 0 Å². The normalized spacial score (nSPS) is 14.5. The van der Waals surface area contributed by atoms with Gasteiger partial charge in [-0.15, -0.1) is 53.6 Å². The first-order chi connectivity index (χ1) is 33.4. The topological polar surface area (TPSA) is 53.1 Å². The van der Waals surface area contributed by atoms with Gasteiger partial charge in [0.1, 0.15) is 5.75 Å². The molecule has 1 radical (unpaired) electrons. The van der Waals surface area contributed by atoms with Gasteiger partial charge in [0.25, 0.3) is 0 Å². The number of pyridine rings is 1. The fourth-order valence-corrected chi connectivity index (χ4v) is 9.04. The van der Waals surface area contributed by atoms with Crippen LogP contribution in [0.15, 0.2) is 156 Å². The number of fused-ring (bicyclic) bond motifs is 7. The summed E-state index contributed by atoms with van der Waals surface area (Å²) in [6, 6.07) is 54.7.